The summed E-state index contributed by atoms with van der Waals surface area (Å²) in [4.78, 5) is 4.01. The number of nitrogens with one attached hydrogen (secondary N) is 1. The molecule has 5 nitrogen and oxygen atoms in total. The van der Waals surface area contributed by atoms with Crippen molar-refractivity contribution in [2.75, 3.05) is 33.5 Å². The second kappa shape index (κ2) is 8.92. The van der Waals surface area contributed by atoms with E-state index in [0.717, 1.165) is 12.0 Å². The molecule has 1 aliphatic carbocycles. The van der Waals surface area contributed by atoms with Crippen molar-refractivity contribution in [3.63, 3.8) is 0 Å². The highest BCUT2D eigenvalue weighted by atomic mass is 19.1. The van der Waals surface area contributed by atoms with Gasteiger partial charge in [0.05, 0.1) is 12.8 Å². The standard InChI is InChI=1S/C15H23FN2O3/c1-19-5-2-6-20-7-8-21-15-12(9-13(16)11-18-15)10-17-14-3-4-14/h9,11,14,17H,2-8,10H2,1H3. The molecule has 0 atom stereocenters. The molecule has 0 saturated heterocycles. The number of aromatic nitrogens is 1. The third kappa shape index (κ3) is 6.37. The van der Waals surface area contributed by atoms with E-state index >= 15 is 0 Å². The maximum Gasteiger partial charge on any atom is 0.218 e. The molecule has 2 rings (SSSR count). The Bertz CT molecular complexity index is 427. The Balaban J connectivity index is 1.70. The van der Waals surface area contributed by atoms with E-state index in [1.54, 1.807) is 7.11 Å². The molecular formula is C15H23FN2O3. The predicted molar refractivity (Wildman–Crippen MR) is 76.9 cm³/mol. The van der Waals surface area contributed by atoms with Crippen molar-refractivity contribution >= 4 is 0 Å². The second-order valence-corrected chi connectivity index (χ2v) is 5.08. The first-order valence-electron chi connectivity index (χ1n) is 7.37. The number of hydrogen-bond acceptors (Lipinski definition) is 5. The van der Waals surface area contributed by atoms with Crippen LogP contribution in [-0.4, -0.2) is 44.6 Å². The van der Waals surface area contributed by atoms with Crippen LogP contribution in [0.2, 0.25) is 0 Å². The van der Waals surface area contributed by atoms with Crippen LogP contribution in [-0.2, 0) is 16.0 Å². The Hall–Kier alpha value is -1.24. The van der Waals surface area contributed by atoms with E-state index in [0.29, 0.717) is 44.9 Å². The first kappa shape index (κ1) is 16.1. The molecule has 1 aromatic rings. The van der Waals surface area contributed by atoms with Crippen molar-refractivity contribution < 1.29 is 18.6 Å². The van der Waals surface area contributed by atoms with Crippen LogP contribution in [0.15, 0.2) is 12.3 Å². The lowest BCUT2D eigenvalue weighted by Gasteiger charge is -2.11. The maximum absolute atomic E-state index is 13.3. The zero-order chi connectivity index (χ0) is 14.9. The highest BCUT2D eigenvalue weighted by Gasteiger charge is 2.21. The van der Waals surface area contributed by atoms with Crippen LogP contribution in [0, 0.1) is 5.82 Å². The summed E-state index contributed by atoms with van der Waals surface area (Å²) >= 11 is 0. The molecule has 1 heterocycles. The molecule has 1 aliphatic rings. The minimum Gasteiger partial charge on any atom is -0.475 e. The van der Waals surface area contributed by atoms with Crippen molar-refractivity contribution in [2.45, 2.75) is 31.8 Å². The van der Waals surface area contributed by atoms with Gasteiger partial charge in [0.15, 0.2) is 0 Å². The van der Waals surface area contributed by atoms with Crippen LogP contribution in [0.4, 0.5) is 4.39 Å². The van der Waals surface area contributed by atoms with Crippen LogP contribution in [0.3, 0.4) is 0 Å². The van der Waals surface area contributed by atoms with E-state index in [-0.39, 0.29) is 5.82 Å². The summed E-state index contributed by atoms with van der Waals surface area (Å²) in [5.74, 6) is 0.135. The molecule has 0 radical (unpaired) electrons. The van der Waals surface area contributed by atoms with Gasteiger partial charge in [-0.3, -0.25) is 0 Å². The number of rotatable bonds is 11. The lowest BCUT2D eigenvalue weighted by Crippen LogP contribution is -2.17. The van der Waals surface area contributed by atoms with Crippen LogP contribution in [0.25, 0.3) is 0 Å². The Labute approximate surface area is 124 Å². The molecule has 0 spiro atoms. The zero-order valence-corrected chi connectivity index (χ0v) is 12.4. The first-order chi connectivity index (χ1) is 10.3. The highest BCUT2D eigenvalue weighted by molar-refractivity contribution is 5.26. The van der Waals surface area contributed by atoms with Crippen molar-refractivity contribution in [3.8, 4) is 5.88 Å². The zero-order valence-electron chi connectivity index (χ0n) is 12.4. The molecule has 1 saturated carbocycles. The second-order valence-electron chi connectivity index (χ2n) is 5.08. The van der Waals surface area contributed by atoms with Gasteiger partial charge in [-0.1, -0.05) is 0 Å². The largest absolute Gasteiger partial charge is 0.475 e. The highest BCUT2D eigenvalue weighted by Crippen LogP contribution is 2.21. The van der Waals surface area contributed by atoms with Gasteiger partial charge in [-0.15, -0.1) is 0 Å². The number of ether oxygens (including phenoxy) is 3. The van der Waals surface area contributed by atoms with E-state index in [9.17, 15) is 4.39 Å². The lowest BCUT2D eigenvalue weighted by atomic mass is 10.2. The van der Waals surface area contributed by atoms with Gasteiger partial charge < -0.3 is 19.5 Å². The minimum atomic E-state index is -0.342. The van der Waals surface area contributed by atoms with E-state index in [2.05, 4.69) is 10.3 Å². The van der Waals surface area contributed by atoms with Crippen molar-refractivity contribution in [1.29, 1.82) is 0 Å². The topological polar surface area (TPSA) is 52.6 Å². The Kier molecular flexibility index (Phi) is 6.85. The molecule has 0 aliphatic heterocycles. The van der Waals surface area contributed by atoms with Crippen molar-refractivity contribution in [1.82, 2.24) is 10.3 Å². The SMILES string of the molecule is COCCCOCCOc1ncc(F)cc1CNC1CC1. The van der Waals surface area contributed by atoms with Crippen LogP contribution in [0.5, 0.6) is 5.88 Å². The summed E-state index contributed by atoms with van der Waals surface area (Å²) < 4.78 is 29.2. The Morgan fingerprint density at radius 1 is 1.29 bits per heavy atom. The lowest BCUT2D eigenvalue weighted by molar-refractivity contribution is 0.0792. The van der Waals surface area contributed by atoms with Gasteiger partial charge in [0.1, 0.15) is 12.4 Å². The normalized spacial score (nSPS) is 14.4. The third-order valence-electron chi connectivity index (χ3n) is 3.15. The number of halogens is 1. The van der Waals surface area contributed by atoms with Crippen LogP contribution < -0.4 is 10.1 Å². The van der Waals surface area contributed by atoms with Crippen LogP contribution in [0.1, 0.15) is 24.8 Å². The fourth-order valence-electron chi connectivity index (χ4n) is 1.87. The average Bonchev–Trinajstić information content (AvgIpc) is 3.30. The average molecular weight is 298 g/mol. The number of methoxy groups -OCH3 is 1. The molecule has 21 heavy (non-hydrogen) atoms. The molecule has 0 bridgehead atoms. The summed E-state index contributed by atoms with van der Waals surface area (Å²) in [5.41, 5.74) is 0.751. The first-order valence-corrected chi connectivity index (χ1v) is 7.37. The van der Waals surface area contributed by atoms with Gasteiger partial charge in [-0.05, 0) is 25.3 Å². The molecule has 0 aromatic carbocycles. The summed E-state index contributed by atoms with van der Waals surface area (Å²) in [6, 6.07) is 2.03. The van der Waals surface area contributed by atoms with Gasteiger partial charge in [-0.2, -0.15) is 0 Å². The van der Waals surface area contributed by atoms with E-state index < -0.39 is 0 Å². The van der Waals surface area contributed by atoms with Gasteiger partial charge >= 0.3 is 0 Å². The van der Waals surface area contributed by atoms with Gasteiger partial charge in [0.25, 0.3) is 0 Å². The molecule has 1 N–H and O–H groups in total. The molecule has 1 aromatic heterocycles. The minimum absolute atomic E-state index is 0.342. The van der Waals surface area contributed by atoms with E-state index in [4.69, 9.17) is 14.2 Å². The van der Waals surface area contributed by atoms with Crippen molar-refractivity contribution in [3.05, 3.63) is 23.6 Å². The monoisotopic (exact) mass is 298 g/mol. The fourth-order valence-corrected chi connectivity index (χ4v) is 1.87. The quantitative estimate of drug-likeness (QED) is 0.632. The molecule has 0 amide bonds. The smallest absolute Gasteiger partial charge is 0.218 e. The summed E-state index contributed by atoms with van der Waals surface area (Å²) in [6.07, 6.45) is 4.42. The molecule has 0 unspecified atom stereocenters. The Morgan fingerprint density at radius 3 is 2.90 bits per heavy atom. The summed E-state index contributed by atoms with van der Waals surface area (Å²) in [6.45, 7) is 2.81. The van der Waals surface area contributed by atoms with Gasteiger partial charge in [-0.25, -0.2) is 9.37 Å². The Morgan fingerprint density at radius 2 is 2.14 bits per heavy atom. The molecular weight excluding hydrogens is 275 g/mol. The summed E-state index contributed by atoms with van der Waals surface area (Å²) in [5, 5.41) is 3.33. The molecule has 118 valence electrons. The van der Waals surface area contributed by atoms with E-state index in [1.165, 1.54) is 25.1 Å². The van der Waals surface area contributed by atoms with Gasteiger partial charge in [0, 0.05) is 38.5 Å². The molecule has 6 heteroatoms. The van der Waals surface area contributed by atoms with Crippen LogP contribution >= 0.6 is 0 Å². The van der Waals surface area contributed by atoms with Gasteiger partial charge in [0.2, 0.25) is 5.88 Å². The summed E-state index contributed by atoms with van der Waals surface area (Å²) in [7, 11) is 1.67. The predicted octanol–water partition coefficient (Wildman–Crippen LogP) is 1.90. The number of nitrogens with zero attached hydrogens (tertiary/aromatic N) is 1. The fraction of sp³-hybridized carbons (Fsp3) is 0.667. The van der Waals surface area contributed by atoms with E-state index in [1.807, 2.05) is 0 Å². The number of pyridine rings is 1. The molecule has 1 fully saturated rings. The third-order valence-corrected chi connectivity index (χ3v) is 3.15. The number of hydrogen-bond donors (Lipinski definition) is 1. The maximum atomic E-state index is 13.3. The van der Waals surface area contributed by atoms with Crippen molar-refractivity contribution in [2.24, 2.45) is 0 Å².